The molecule has 2 aliphatic heterocycles. The molecule has 0 N–H and O–H groups in total. The third kappa shape index (κ3) is 3.05. The topological polar surface area (TPSA) is 119 Å². The van der Waals surface area contributed by atoms with Crippen molar-refractivity contribution in [2.45, 2.75) is 81.2 Å². The van der Waals surface area contributed by atoms with Crippen LogP contribution in [0.25, 0.3) is 0 Å². The molecule has 13 atom stereocenters. The number of esters is 1. The number of carbonyl (C=O) groups excluding carboxylic acids is 1. The van der Waals surface area contributed by atoms with Crippen LogP contribution in [-0.4, -0.2) is 98.7 Å². The van der Waals surface area contributed by atoms with Gasteiger partial charge in [-0.3, -0.25) is 15.0 Å². The van der Waals surface area contributed by atoms with Crippen LogP contribution in [0.15, 0.2) is 24.3 Å². The molecule has 1 aromatic rings. The van der Waals surface area contributed by atoms with Crippen LogP contribution in [0.1, 0.15) is 49.9 Å². The van der Waals surface area contributed by atoms with E-state index in [2.05, 4.69) is 18.7 Å². The van der Waals surface area contributed by atoms with Crippen LogP contribution in [0.2, 0.25) is 0 Å². The largest absolute Gasteiger partial charge is 0.455 e. The Bertz CT molecular complexity index is 1340. The van der Waals surface area contributed by atoms with E-state index in [4.69, 9.17) is 28.4 Å². The number of piperidine rings is 1. The van der Waals surface area contributed by atoms with Gasteiger partial charge in [0.15, 0.2) is 5.60 Å². The number of hydrogen-bond donors (Lipinski definition) is 0. The summed E-state index contributed by atoms with van der Waals surface area (Å²) in [6.45, 7) is 6.40. The maximum absolute atomic E-state index is 14.1. The molecular formula is C32H42N2O9. The number of non-ortho nitro benzene ring substituents is 1. The number of nitro benzene ring substituents is 1. The van der Waals surface area contributed by atoms with E-state index in [0.29, 0.717) is 6.42 Å². The lowest BCUT2D eigenvalue weighted by molar-refractivity contribution is -0.384. The Morgan fingerprint density at radius 2 is 1.91 bits per heavy atom. The Morgan fingerprint density at radius 1 is 1.14 bits per heavy atom. The fraction of sp³-hybridized carbons (Fsp3) is 0.781. The minimum atomic E-state index is -0.965. The molecule has 0 amide bonds. The fourth-order valence-corrected chi connectivity index (χ4v) is 12.5. The van der Waals surface area contributed by atoms with E-state index in [1.807, 2.05) is 7.11 Å². The second-order valence-electron chi connectivity index (χ2n) is 14.3. The second kappa shape index (κ2) is 9.20. The number of fused-ring (bicyclic) bond motifs is 1. The van der Waals surface area contributed by atoms with Gasteiger partial charge in [0.25, 0.3) is 5.69 Å². The Kier molecular flexibility index (Phi) is 6.06. The molecule has 0 unspecified atom stereocenters. The molecule has 0 radical (unpaired) electrons. The summed E-state index contributed by atoms with van der Waals surface area (Å²) in [6, 6.07) is 5.57. The van der Waals surface area contributed by atoms with Crippen LogP contribution in [0, 0.1) is 44.6 Å². The van der Waals surface area contributed by atoms with Gasteiger partial charge in [0.05, 0.1) is 34.8 Å². The Hall–Kier alpha value is -2.15. The molecule has 7 fully saturated rings. The first-order valence-electron chi connectivity index (χ1n) is 15.7. The van der Waals surface area contributed by atoms with Gasteiger partial charge < -0.3 is 28.4 Å². The van der Waals surface area contributed by atoms with Gasteiger partial charge in [-0.05, 0) is 49.3 Å². The van der Waals surface area contributed by atoms with Crippen LogP contribution >= 0.6 is 0 Å². The van der Waals surface area contributed by atoms with Gasteiger partial charge >= 0.3 is 5.97 Å². The molecular weight excluding hydrogens is 556 g/mol. The van der Waals surface area contributed by atoms with Crippen LogP contribution in [0.4, 0.5) is 5.69 Å². The quantitative estimate of drug-likeness (QED) is 0.262. The van der Waals surface area contributed by atoms with Crippen molar-refractivity contribution >= 4 is 11.7 Å². The van der Waals surface area contributed by atoms with Crippen molar-refractivity contribution in [3.63, 3.8) is 0 Å². The first-order chi connectivity index (χ1) is 20.7. The summed E-state index contributed by atoms with van der Waals surface area (Å²) in [5.41, 5.74) is -2.05. The molecule has 7 bridgehead atoms. The average Bonchev–Trinajstić information content (AvgIpc) is 3.59. The van der Waals surface area contributed by atoms with Crippen LogP contribution in [-0.2, 0) is 28.4 Å². The highest BCUT2D eigenvalue weighted by atomic mass is 16.7. The SMILES string of the molecule is CCN1C[C@]2(C)CC[C@H](OC)[C@]34[C@@H]5C[C@H]6[C@H](OC)[C@@H]5[C@@]5(C[C@@H]6OC)OCO[C@]5([C@H]13)[C@@H](OC(=O)c1ccc([N+](=O)[O-])cc1)[C@H]24. The van der Waals surface area contributed by atoms with Gasteiger partial charge in [-0.1, -0.05) is 13.8 Å². The average molecular weight is 599 g/mol. The van der Waals surface area contributed by atoms with E-state index in [0.717, 1.165) is 32.4 Å². The summed E-state index contributed by atoms with van der Waals surface area (Å²) in [4.78, 5) is 27.5. The third-order valence-corrected chi connectivity index (χ3v) is 13.3. The van der Waals surface area contributed by atoms with Crippen molar-refractivity contribution in [1.82, 2.24) is 4.90 Å². The highest BCUT2D eigenvalue weighted by Crippen LogP contribution is 2.82. The van der Waals surface area contributed by atoms with Crippen LogP contribution < -0.4 is 0 Å². The van der Waals surface area contributed by atoms with Gasteiger partial charge in [-0.2, -0.15) is 0 Å². The van der Waals surface area contributed by atoms with E-state index < -0.39 is 28.2 Å². The Morgan fingerprint density at radius 3 is 2.56 bits per heavy atom. The lowest BCUT2D eigenvalue weighted by Gasteiger charge is -2.69. The Labute approximate surface area is 251 Å². The first kappa shape index (κ1) is 28.3. The lowest BCUT2D eigenvalue weighted by atomic mass is 9.43. The molecule has 7 aliphatic rings. The van der Waals surface area contributed by atoms with Gasteiger partial charge in [-0.25, -0.2) is 4.79 Å². The predicted molar refractivity (Wildman–Crippen MR) is 151 cm³/mol. The number of carbonyl (C=O) groups is 1. The molecule has 1 aromatic carbocycles. The second-order valence-corrected chi connectivity index (χ2v) is 14.3. The molecule has 0 aromatic heterocycles. The van der Waals surface area contributed by atoms with Gasteiger partial charge in [0, 0.05) is 69.6 Å². The lowest BCUT2D eigenvalue weighted by Crippen LogP contribution is -2.81. The summed E-state index contributed by atoms with van der Waals surface area (Å²) in [5, 5.41) is 11.3. The van der Waals surface area contributed by atoms with Crippen molar-refractivity contribution in [2.24, 2.45) is 34.5 Å². The van der Waals surface area contributed by atoms with E-state index in [-0.39, 0.29) is 76.9 Å². The molecule has 11 nitrogen and oxygen atoms in total. The summed E-state index contributed by atoms with van der Waals surface area (Å²) in [7, 11) is 5.40. The standard InChI is InChI=1S/C32H42N2O9/c1-6-33-15-29(2)12-11-22(39-4)31-20-13-19-21(38-3)14-30(23(20)24(19)40-5)32(28(31)33,42-16-41-30)26(25(29)31)43-27(35)17-7-9-18(10-8-17)34(36)37/h7-10,19-26,28H,6,11-16H2,1-5H3/t19-,20-,21+,22+,23-,24+,25-,26+,28-,29+,30-,31+,32+/m1/s1. The zero-order valence-electron chi connectivity index (χ0n) is 25.5. The van der Waals surface area contributed by atoms with Crippen molar-refractivity contribution in [2.75, 3.05) is 41.2 Å². The monoisotopic (exact) mass is 598 g/mol. The van der Waals surface area contributed by atoms with Gasteiger partial charge in [0.1, 0.15) is 18.5 Å². The summed E-state index contributed by atoms with van der Waals surface area (Å²) in [5.74, 6) is -0.0590. The van der Waals surface area contributed by atoms with Crippen molar-refractivity contribution < 1.29 is 38.1 Å². The van der Waals surface area contributed by atoms with Gasteiger partial charge in [-0.15, -0.1) is 0 Å². The number of benzene rings is 1. The van der Waals surface area contributed by atoms with E-state index >= 15 is 0 Å². The molecule has 5 saturated carbocycles. The number of nitro groups is 1. The van der Waals surface area contributed by atoms with Gasteiger partial charge in [0.2, 0.25) is 0 Å². The molecule has 234 valence electrons. The number of hydrogen-bond acceptors (Lipinski definition) is 10. The zero-order chi connectivity index (χ0) is 30.1. The number of nitrogens with zero attached hydrogens (tertiary/aromatic N) is 2. The maximum Gasteiger partial charge on any atom is 0.338 e. The molecule has 2 saturated heterocycles. The first-order valence-corrected chi connectivity index (χ1v) is 15.7. The minimum absolute atomic E-state index is 0.0278. The summed E-state index contributed by atoms with van der Waals surface area (Å²) < 4.78 is 39.8. The fourth-order valence-electron chi connectivity index (χ4n) is 12.5. The highest BCUT2D eigenvalue weighted by molar-refractivity contribution is 5.90. The number of likely N-dealkylation sites (tertiary alicyclic amines) is 1. The molecule has 2 heterocycles. The summed E-state index contributed by atoms with van der Waals surface area (Å²) >= 11 is 0. The van der Waals surface area contributed by atoms with E-state index in [9.17, 15) is 14.9 Å². The zero-order valence-corrected chi connectivity index (χ0v) is 25.5. The smallest absolute Gasteiger partial charge is 0.338 e. The Balaban J connectivity index is 1.36. The highest BCUT2D eigenvalue weighted by Gasteiger charge is 2.94. The molecule has 43 heavy (non-hydrogen) atoms. The summed E-state index contributed by atoms with van der Waals surface area (Å²) in [6.07, 6.45) is 2.65. The van der Waals surface area contributed by atoms with E-state index in [1.165, 1.54) is 24.3 Å². The van der Waals surface area contributed by atoms with Crippen LogP contribution in [0.3, 0.4) is 0 Å². The third-order valence-electron chi connectivity index (χ3n) is 13.3. The molecule has 11 heteroatoms. The van der Waals surface area contributed by atoms with Crippen molar-refractivity contribution in [3.05, 3.63) is 39.9 Å². The molecule has 8 rings (SSSR count). The number of methoxy groups -OCH3 is 3. The van der Waals surface area contributed by atoms with Crippen molar-refractivity contribution in [3.8, 4) is 0 Å². The molecule has 5 aliphatic carbocycles. The minimum Gasteiger partial charge on any atom is -0.455 e. The number of likely N-dealkylation sites (N-methyl/N-ethyl adjacent to an activating group) is 1. The van der Waals surface area contributed by atoms with Crippen molar-refractivity contribution in [1.29, 1.82) is 0 Å². The molecule has 3 spiro atoms. The van der Waals surface area contributed by atoms with Crippen LogP contribution in [0.5, 0.6) is 0 Å². The van der Waals surface area contributed by atoms with E-state index in [1.54, 1.807) is 14.2 Å². The predicted octanol–water partition coefficient (Wildman–Crippen LogP) is 3.44. The number of ether oxygens (including phenoxy) is 6. The maximum atomic E-state index is 14.1. The number of rotatable bonds is 7. The normalized spacial score (nSPS) is 50.4.